The molecule has 0 aliphatic rings. The van der Waals surface area contributed by atoms with E-state index in [9.17, 15) is 13.2 Å². The van der Waals surface area contributed by atoms with Gasteiger partial charge in [0.2, 0.25) is 0 Å². The van der Waals surface area contributed by atoms with Gasteiger partial charge in [-0.1, -0.05) is 47.0 Å². The Bertz CT molecular complexity index is 477. The van der Waals surface area contributed by atoms with E-state index in [0.717, 1.165) is 22.7 Å². The van der Waals surface area contributed by atoms with Crippen LogP contribution in [0.2, 0.25) is 5.02 Å². The third kappa shape index (κ3) is 5.79. The minimum absolute atomic E-state index is 0.594. The van der Waals surface area contributed by atoms with Crippen molar-refractivity contribution >= 4 is 11.6 Å². The Morgan fingerprint density at radius 1 is 0.737 bits per heavy atom. The Morgan fingerprint density at radius 2 is 1.11 bits per heavy atom. The molecule has 0 heterocycles. The molecule has 0 bridgehead atoms. The molecule has 0 radical (unpaired) electrons. The first-order chi connectivity index (χ1) is 8.79. The van der Waals surface area contributed by atoms with E-state index in [1.165, 1.54) is 17.7 Å². The van der Waals surface area contributed by atoms with Crippen LogP contribution in [0.4, 0.5) is 13.2 Å². The quantitative estimate of drug-likeness (QED) is 0.586. The Balaban J connectivity index is 0.000000200. The zero-order valence-electron chi connectivity index (χ0n) is 10.6. The summed E-state index contributed by atoms with van der Waals surface area (Å²) in [6.07, 6.45) is -4.21. The van der Waals surface area contributed by atoms with Gasteiger partial charge in [-0.15, -0.1) is 0 Å². The first-order valence-electron chi connectivity index (χ1n) is 5.65. The van der Waals surface area contributed by atoms with Crippen molar-refractivity contribution < 1.29 is 13.2 Å². The van der Waals surface area contributed by atoms with E-state index in [1.54, 1.807) is 6.92 Å². The second kappa shape index (κ2) is 6.62. The van der Waals surface area contributed by atoms with E-state index in [1.807, 2.05) is 31.2 Å². The van der Waals surface area contributed by atoms with E-state index in [4.69, 9.17) is 11.6 Å². The van der Waals surface area contributed by atoms with Crippen LogP contribution in [-0.4, -0.2) is 0 Å². The highest BCUT2D eigenvalue weighted by Gasteiger charge is 2.29. The van der Waals surface area contributed by atoms with Crippen molar-refractivity contribution in [2.45, 2.75) is 20.0 Å². The predicted molar refractivity (Wildman–Crippen MR) is 72.4 cm³/mol. The molecule has 2 rings (SSSR count). The number of hydrogen-bond acceptors (Lipinski definition) is 0. The molecule has 0 saturated carbocycles. The fourth-order valence-electron chi connectivity index (χ4n) is 1.28. The third-order valence-corrected chi connectivity index (χ3v) is 2.64. The minimum atomic E-state index is -4.21. The fraction of sp³-hybridized carbons (Fsp3) is 0.200. The van der Waals surface area contributed by atoms with Crippen molar-refractivity contribution in [3.8, 4) is 0 Å². The summed E-state index contributed by atoms with van der Waals surface area (Å²) < 4.78 is 35.8. The van der Waals surface area contributed by atoms with Crippen LogP contribution in [-0.2, 0) is 6.18 Å². The molecule has 19 heavy (non-hydrogen) atoms. The predicted octanol–water partition coefficient (Wildman–Crippen LogP) is 5.66. The summed E-state index contributed by atoms with van der Waals surface area (Å²) in [7, 11) is 0. The van der Waals surface area contributed by atoms with Gasteiger partial charge in [0.25, 0.3) is 0 Å². The highest BCUT2D eigenvalue weighted by molar-refractivity contribution is 6.30. The second-order valence-corrected chi connectivity index (χ2v) is 4.60. The SMILES string of the molecule is Cc1ccc(C(F)(F)F)cc1.Cc1ccc(Cl)cc1. The molecule has 0 amide bonds. The van der Waals surface area contributed by atoms with Crippen molar-refractivity contribution in [3.05, 3.63) is 70.2 Å². The lowest BCUT2D eigenvalue weighted by Gasteiger charge is -2.05. The van der Waals surface area contributed by atoms with Gasteiger partial charge in [-0.2, -0.15) is 13.2 Å². The van der Waals surface area contributed by atoms with Crippen molar-refractivity contribution in [3.63, 3.8) is 0 Å². The number of rotatable bonds is 0. The highest BCUT2D eigenvalue weighted by atomic mass is 35.5. The summed E-state index contributed by atoms with van der Waals surface area (Å²) in [6.45, 7) is 3.79. The number of aryl methyl sites for hydroxylation is 2. The molecule has 0 fully saturated rings. The van der Waals surface area contributed by atoms with Gasteiger partial charge in [0.1, 0.15) is 0 Å². The smallest absolute Gasteiger partial charge is 0.166 e. The summed E-state index contributed by atoms with van der Waals surface area (Å²) in [4.78, 5) is 0. The highest BCUT2D eigenvalue weighted by Crippen LogP contribution is 2.28. The van der Waals surface area contributed by atoms with Crippen LogP contribution in [0.3, 0.4) is 0 Å². The van der Waals surface area contributed by atoms with E-state index in [2.05, 4.69) is 0 Å². The molecule has 102 valence electrons. The first-order valence-corrected chi connectivity index (χ1v) is 6.03. The average molecular weight is 287 g/mol. The molecule has 0 spiro atoms. The molecule has 0 aliphatic carbocycles. The standard InChI is InChI=1S/C8H7F3.C7H7Cl/c1-6-2-4-7(5-3-6)8(9,10)11;1-6-2-4-7(8)5-3-6/h2-5H,1H3;2-5H,1H3. The monoisotopic (exact) mass is 286 g/mol. The lowest BCUT2D eigenvalue weighted by atomic mass is 10.1. The minimum Gasteiger partial charge on any atom is -0.166 e. The van der Waals surface area contributed by atoms with Gasteiger partial charge in [0, 0.05) is 5.02 Å². The van der Waals surface area contributed by atoms with E-state index in [-0.39, 0.29) is 0 Å². The van der Waals surface area contributed by atoms with Gasteiger partial charge in [-0.3, -0.25) is 0 Å². The van der Waals surface area contributed by atoms with Crippen molar-refractivity contribution in [2.24, 2.45) is 0 Å². The molecular weight excluding hydrogens is 273 g/mol. The zero-order chi connectivity index (χ0) is 14.5. The summed E-state index contributed by atoms with van der Waals surface area (Å²) in [5.41, 5.74) is 1.48. The Morgan fingerprint density at radius 3 is 1.42 bits per heavy atom. The van der Waals surface area contributed by atoms with Gasteiger partial charge in [-0.05, 0) is 38.1 Å². The van der Waals surface area contributed by atoms with E-state index in [0.29, 0.717) is 0 Å². The van der Waals surface area contributed by atoms with Crippen LogP contribution in [0.5, 0.6) is 0 Å². The van der Waals surface area contributed by atoms with Gasteiger partial charge in [-0.25, -0.2) is 0 Å². The molecular formula is C15H14ClF3. The molecule has 2 aromatic carbocycles. The van der Waals surface area contributed by atoms with Crippen molar-refractivity contribution in [1.29, 1.82) is 0 Å². The van der Waals surface area contributed by atoms with Crippen molar-refractivity contribution in [1.82, 2.24) is 0 Å². The van der Waals surface area contributed by atoms with Gasteiger partial charge < -0.3 is 0 Å². The summed E-state index contributed by atoms with van der Waals surface area (Å²) in [5, 5.41) is 0.801. The van der Waals surface area contributed by atoms with E-state index >= 15 is 0 Å². The topological polar surface area (TPSA) is 0 Å². The van der Waals surface area contributed by atoms with Crippen LogP contribution in [0, 0.1) is 13.8 Å². The maximum Gasteiger partial charge on any atom is 0.416 e. The number of hydrogen-bond donors (Lipinski definition) is 0. The Kier molecular flexibility index (Phi) is 5.43. The number of halogens is 4. The van der Waals surface area contributed by atoms with Crippen LogP contribution < -0.4 is 0 Å². The zero-order valence-corrected chi connectivity index (χ0v) is 11.4. The maximum absolute atomic E-state index is 11.9. The van der Waals surface area contributed by atoms with Crippen molar-refractivity contribution in [2.75, 3.05) is 0 Å². The van der Waals surface area contributed by atoms with Crippen LogP contribution in [0.25, 0.3) is 0 Å². The first kappa shape index (κ1) is 15.6. The third-order valence-electron chi connectivity index (χ3n) is 2.39. The van der Waals surface area contributed by atoms with Gasteiger partial charge >= 0.3 is 6.18 Å². The summed E-state index contributed by atoms with van der Waals surface area (Å²) >= 11 is 5.61. The molecule has 0 unspecified atom stereocenters. The lowest BCUT2D eigenvalue weighted by Crippen LogP contribution is -2.03. The van der Waals surface area contributed by atoms with Gasteiger partial charge in [0.15, 0.2) is 0 Å². The molecule has 0 aliphatic heterocycles. The Labute approximate surface area is 115 Å². The fourth-order valence-corrected chi connectivity index (χ4v) is 1.40. The van der Waals surface area contributed by atoms with Crippen LogP contribution in [0.1, 0.15) is 16.7 Å². The largest absolute Gasteiger partial charge is 0.416 e. The normalized spacial score (nSPS) is 10.6. The van der Waals surface area contributed by atoms with Gasteiger partial charge in [0.05, 0.1) is 5.56 Å². The number of benzene rings is 2. The number of alkyl halides is 3. The Hall–Kier alpha value is -1.48. The maximum atomic E-state index is 11.9. The molecule has 0 nitrogen and oxygen atoms in total. The molecule has 4 heteroatoms. The molecule has 0 atom stereocenters. The second-order valence-electron chi connectivity index (χ2n) is 4.16. The lowest BCUT2D eigenvalue weighted by molar-refractivity contribution is -0.137. The molecule has 0 N–H and O–H groups in total. The molecule has 2 aromatic rings. The molecule has 0 saturated heterocycles. The van der Waals surface area contributed by atoms with E-state index < -0.39 is 11.7 Å². The van der Waals surface area contributed by atoms with Crippen LogP contribution in [0.15, 0.2) is 48.5 Å². The summed E-state index contributed by atoms with van der Waals surface area (Å²) in [5.74, 6) is 0. The molecule has 0 aromatic heterocycles. The average Bonchev–Trinajstić information content (AvgIpc) is 2.33. The van der Waals surface area contributed by atoms with Crippen LogP contribution >= 0.6 is 11.6 Å². The summed E-state index contributed by atoms with van der Waals surface area (Å²) in [6, 6.07) is 12.8.